The highest BCUT2D eigenvalue weighted by Crippen LogP contribution is 2.31. The van der Waals surface area contributed by atoms with E-state index in [1.165, 1.54) is 0 Å². The summed E-state index contributed by atoms with van der Waals surface area (Å²) in [6, 6.07) is 3.42. The van der Waals surface area contributed by atoms with Crippen LogP contribution in [0, 0.1) is 0 Å². The average Bonchev–Trinajstić information content (AvgIpc) is 3.24. The van der Waals surface area contributed by atoms with E-state index in [0.717, 1.165) is 12.8 Å². The van der Waals surface area contributed by atoms with Crippen LogP contribution in [-0.4, -0.2) is 38.6 Å². The lowest BCUT2D eigenvalue weighted by Gasteiger charge is -2.25. The Morgan fingerprint density at radius 3 is 2.92 bits per heavy atom. The zero-order chi connectivity index (χ0) is 17.1. The van der Waals surface area contributed by atoms with Crippen molar-refractivity contribution in [2.45, 2.75) is 51.7 Å². The van der Waals surface area contributed by atoms with Gasteiger partial charge in [0.15, 0.2) is 11.9 Å². The highest BCUT2D eigenvalue weighted by Gasteiger charge is 2.36. The summed E-state index contributed by atoms with van der Waals surface area (Å²) in [5.74, 6) is 1.86. The number of carbonyl (C=O) groups excluding carboxylic acids is 1. The van der Waals surface area contributed by atoms with Gasteiger partial charge in [0.05, 0.1) is 12.2 Å². The van der Waals surface area contributed by atoms with Gasteiger partial charge in [-0.15, -0.1) is 0 Å². The first-order valence-corrected chi connectivity index (χ1v) is 8.27. The van der Waals surface area contributed by atoms with Gasteiger partial charge in [0, 0.05) is 18.7 Å². The van der Waals surface area contributed by atoms with Gasteiger partial charge < -0.3 is 14.2 Å². The van der Waals surface area contributed by atoms with E-state index in [4.69, 9.17) is 9.26 Å². The highest BCUT2D eigenvalue weighted by molar-refractivity contribution is 5.81. The molecule has 1 fully saturated rings. The van der Waals surface area contributed by atoms with Crippen molar-refractivity contribution in [3.8, 4) is 5.75 Å². The third kappa shape index (κ3) is 3.39. The van der Waals surface area contributed by atoms with Crippen molar-refractivity contribution in [1.82, 2.24) is 20.0 Å². The van der Waals surface area contributed by atoms with E-state index >= 15 is 0 Å². The Bertz CT molecular complexity index is 686. The second-order valence-electron chi connectivity index (χ2n) is 6.28. The van der Waals surface area contributed by atoms with Crippen LogP contribution >= 0.6 is 0 Å². The average molecular weight is 330 g/mol. The number of nitrogens with zero attached hydrogens (tertiary/aromatic N) is 4. The Morgan fingerprint density at radius 1 is 1.42 bits per heavy atom. The summed E-state index contributed by atoms with van der Waals surface area (Å²) in [4.78, 5) is 23.0. The zero-order valence-corrected chi connectivity index (χ0v) is 14.2. The van der Waals surface area contributed by atoms with E-state index in [2.05, 4.69) is 15.1 Å². The van der Waals surface area contributed by atoms with Gasteiger partial charge in [-0.2, -0.15) is 4.98 Å². The van der Waals surface area contributed by atoms with Crippen LogP contribution in [0.3, 0.4) is 0 Å². The Kier molecular flexibility index (Phi) is 4.78. The fraction of sp³-hybridized carbons (Fsp3) is 0.529. The number of carbonyl (C=O) groups is 1. The van der Waals surface area contributed by atoms with Crippen molar-refractivity contribution in [2.24, 2.45) is 0 Å². The molecule has 2 atom stereocenters. The minimum absolute atomic E-state index is 0.0720. The maximum absolute atomic E-state index is 12.8. The molecule has 1 aliphatic rings. The molecule has 0 spiro atoms. The lowest BCUT2D eigenvalue weighted by Crippen LogP contribution is -2.40. The number of pyridine rings is 1. The third-order valence-corrected chi connectivity index (χ3v) is 4.08. The molecule has 0 aliphatic carbocycles. The van der Waals surface area contributed by atoms with Crippen LogP contribution in [-0.2, 0) is 4.79 Å². The summed E-state index contributed by atoms with van der Waals surface area (Å²) >= 11 is 0. The molecule has 3 rings (SSSR count). The molecule has 1 saturated heterocycles. The molecule has 2 aromatic heterocycles. The summed E-state index contributed by atoms with van der Waals surface area (Å²) in [5.41, 5.74) is 0. The van der Waals surface area contributed by atoms with E-state index in [-0.39, 0.29) is 17.9 Å². The number of aromatic nitrogens is 3. The lowest BCUT2D eigenvalue weighted by atomic mass is 10.2. The van der Waals surface area contributed by atoms with Crippen molar-refractivity contribution < 1.29 is 14.1 Å². The van der Waals surface area contributed by atoms with E-state index < -0.39 is 6.10 Å². The van der Waals surface area contributed by atoms with Crippen molar-refractivity contribution in [3.05, 3.63) is 36.2 Å². The number of ether oxygens (including phenoxy) is 1. The molecule has 1 amide bonds. The third-order valence-electron chi connectivity index (χ3n) is 4.08. The predicted molar refractivity (Wildman–Crippen MR) is 86.4 cm³/mol. The quantitative estimate of drug-likeness (QED) is 0.838. The van der Waals surface area contributed by atoms with Crippen LogP contribution in [0.1, 0.15) is 57.3 Å². The molecule has 24 heavy (non-hydrogen) atoms. The molecule has 3 heterocycles. The lowest BCUT2D eigenvalue weighted by molar-refractivity contribution is -0.139. The topological polar surface area (TPSA) is 81.4 Å². The van der Waals surface area contributed by atoms with E-state index in [1.54, 1.807) is 36.4 Å². The maximum atomic E-state index is 12.8. The molecule has 0 radical (unpaired) electrons. The Balaban J connectivity index is 1.70. The first-order valence-electron chi connectivity index (χ1n) is 8.27. The molecule has 2 aromatic rings. The first kappa shape index (κ1) is 16.4. The predicted octanol–water partition coefficient (Wildman–Crippen LogP) is 2.72. The first-order chi connectivity index (χ1) is 11.6. The molecular formula is C17H22N4O3. The summed E-state index contributed by atoms with van der Waals surface area (Å²) in [6.45, 7) is 6.42. The summed E-state index contributed by atoms with van der Waals surface area (Å²) in [6.07, 6.45) is 4.42. The highest BCUT2D eigenvalue weighted by atomic mass is 16.5. The molecule has 0 N–H and O–H groups in total. The summed E-state index contributed by atoms with van der Waals surface area (Å²) in [7, 11) is 0. The van der Waals surface area contributed by atoms with Gasteiger partial charge in [-0.3, -0.25) is 9.78 Å². The van der Waals surface area contributed by atoms with Gasteiger partial charge in [-0.25, -0.2) is 0 Å². The van der Waals surface area contributed by atoms with Crippen LogP contribution in [0.15, 0.2) is 29.0 Å². The molecule has 7 nitrogen and oxygen atoms in total. The standard InChI is InChI=1S/C17H22N4O3/c1-11(2)16-19-15(20-24-16)14-7-5-9-21(14)17(22)12(3)23-13-6-4-8-18-10-13/h4,6,8,10-12,14H,5,7,9H2,1-3H3/t12-,14+/m1/s1. The van der Waals surface area contributed by atoms with Crippen LogP contribution in [0.5, 0.6) is 5.75 Å². The van der Waals surface area contributed by atoms with Crippen molar-refractivity contribution in [2.75, 3.05) is 6.54 Å². The van der Waals surface area contributed by atoms with E-state index in [9.17, 15) is 4.79 Å². The fourth-order valence-corrected chi connectivity index (χ4v) is 2.82. The molecule has 0 bridgehead atoms. The molecule has 7 heteroatoms. The van der Waals surface area contributed by atoms with Gasteiger partial charge >= 0.3 is 0 Å². The molecular weight excluding hydrogens is 308 g/mol. The molecule has 0 unspecified atom stereocenters. The normalized spacial score (nSPS) is 18.8. The summed E-state index contributed by atoms with van der Waals surface area (Å²) < 4.78 is 11.0. The van der Waals surface area contributed by atoms with Gasteiger partial charge in [-0.1, -0.05) is 19.0 Å². The molecule has 0 aromatic carbocycles. The number of hydrogen-bond donors (Lipinski definition) is 0. The van der Waals surface area contributed by atoms with Crippen molar-refractivity contribution in [1.29, 1.82) is 0 Å². The summed E-state index contributed by atoms with van der Waals surface area (Å²) in [5, 5.41) is 4.06. The maximum Gasteiger partial charge on any atom is 0.263 e. The number of likely N-dealkylation sites (tertiary alicyclic amines) is 1. The second kappa shape index (κ2) is 6.98. The number of amides is 1. The van der Waals surface area contributed by atoms with Crippen molar-refractivity contribution >= 4 is 5.91 Å². The number of hydrogen-bond acceptors (Lipinski definition) is 6. The van der Waals surface area contributed by atoms with Gasteiger partial charge in [-0.05, 0) is 31.9 Å². The zero-order valence-electron chi connectivity index (χ0n) is 14.2. The monoisotopic (exact) mass is 330 g/mol. The van der Waals surface area contributed by atoms with Gasteiger partial charge in [0.1, 0.15) is 5.75 Å². The largest absolute Gasteiger partial charge is 0.479 e. The van der Waals surface area contributed by atoms with Gasteiger partial charge in [0.25, 0.3) is 5.91 Å². The van der Waals surface area contributed by atoms with E-state index in [1.807, 2.05) is 13.8 Å². The SMILES string of the molecule is CC(C)c1nc([C@@H]2CCCN2C(=O)[C@@H](C)Oc2cccnc2)no1. The second-order valence-corrected chi connectivity index (χ2v) is 6.28. The van der Waals surface area contributed by atoms with Crippen LogP contribution in [0.4, 0.5) is 0 Å². The van der Waals surface area contributed by atoms with Crippen LogP contribution in [0.25, 0.3) is 0 Å². The molecule has 0 saturated carbocycles. The fourth-order valence-electron chi connectivity index (χ4n) is 2.82. The Hall–Kier alpha value is -2.44. The Labute approximate surface area is 141 Å². The molecule has 1 aliphatic heterocycles. The van der Waals surface area contributed by atoms with Crippen LogP contribution in [0.2, 0.25) is 0 Å². The Morgan fingerprint density at radius 2 is 2.25 bits per heavy atom. The molecule has 128 valence electrons. The number of rotatable bonds is 5. The van der Waals surface area contributed by atoms with Gasteiger partial charge in [0.2, 0.25) is 5.89 Å². The minimum atomic E-state index is -0.591. The van der Waals surface area contributed by atoms with Crippen molar-refractivity contribution in [3.63, 3.8) is 0 Å². The van der Waals surface area contributed by atoms with E-state index in [0.29, 0.717) is 24.0 Å². The minimum Gasteiger partial charge on any atom is -0.479 e. The smallest absolute Gasteiger partial charge is 0.263 e. The van der Waals surface area contributed by atoms with Crippen LogP contribution < -0.4 is 4.74 Å².